The molecule has 2 unspecified atom stereocenters. The first kappa shape index (κ1) is 32.0. The van der Waals surface area contributed by atoms with Gasteiger partial charge in [-0.25, -0.2) is 8.42 Å². The third-order valence-electron chi connectivity index (χ3n) is 6.90. The molecule has 3 aromatic rings. The molecule has 0 aliphatic rings. The molecule has 8 nitrogen and oxygen atoms in total. The van der Waals surface area contributed by atoms with Crippen molar-refractivity contribution in [2.45, 2.75) is 64.6 Å². The first-order valence-electron chi connectivity index (χ1n) is 13.5. The molecule has 2 atom stereocenters. The highest BCUT2D eigenvalue weighted by Crippen LogP contribution is 2.35. The number of amides is 2. The molecule has 0 spiro atoms. The fourth-order valence-electron chi connectivity index (χ4n) is 4.26. The zero-order valence-corrected chi connectivity index (χ0v) is 25.9. The molecule has 0 saturated carbocycles. The average Bonchev–Trinajstić information content (AvgIpc) is 2.94. The van der Waals surface area contributed by atoms with E-state index in [1.807, 2.05) is 52.0 Å². The summed E-state index contributed by atoms with van der Waals surface area (Å²) in [5.74, 6) is -0.657. The second-order valence-corrected chi connectivity index (χ2v) is 12.4. The molecule has 0 aliphatic heterocycles. The Labute approximate surface area is 248 Å². The summed E-state index contributed by atoms with van der Waals surface area (Å²) in [4.78, 5) is 28.7. The van der Waals surface area contributed by atoms with Crippen LogP contribution in [0, 0.1) is 13.8 Å². The van der Waals surface area contributed by atoms with Crippen LogP contribution in [0.3, 0.4) is 0 Å². The van der Waals surface area contributed by atoms with E-state index in [1.165, 1.54) is 30.2 Å². The lowest BCUT2D eigenvalue weighted by atomic mass is 10.1. The normalized spacial score (nSPS) is 12.8. The molecule has 0 aliphatic carbocycles. The van der Waals surface area contributed by atoms with E-state index < -0.39 is 28.5 Å². The van der Waals surface area contributed by atoms with Gasteiger partial charge in [0, 0.05) is 17.6 Å². The van der Waals surface area contributed by atoms with Crippen molar-refractivity contribution in [1.82, 2.24) is 10.2 Å². The van der Waals surface area contributed by atoms with Gasteiger partial charge >= 0.3 is 0 Å². The predicted octanol–water partition coefficient (Wildman–Crippen LogP) is 5.49. The van der Waals surface area contributed by atoms with E-state index in [0.29, 0.717) is 0 Å². The number of nitrogens with zero attached hydrogens (tertiary/aromatic N) is 2. The van der Waals surface area contributed by atoms with Gasteiger partial charge in [-0.1, -0.05) is 66.0 Å². The molecule has 10 heteroatoms. The number of ether oxygens (including phenoxy) is 1. The summed E-state index contributed by atoms with van der Waals surface area (Å²) in [6, 6.07) is 17.6. The Hall–Kier alpha value is -3.56. The van der Waals surface area contributed by atoms with Crippen LogP contribution in [0.25, 0.3) is 0 Å². The monoisotopic (exact) mass is 599 g/mol. The van der Waals surface area contributed by atoms with Crippen molar-refractivity contribution in [2.75, 3.05) is 18.0 Å². The molecule has 0 fully saturated rings. The van der Waals surface area contributed by atoms with Crippen molar-refractivity contribution >= 4 is 39.1 Å². The van der Waals surface area contributed by atoms with E-state index in [2.05, 4.69) is 5.32 Å². The van der Waals surface area contributed by atoms with Gasteiger partial charge in [-0.15, -0.1) is 0 Å². The summed E-state index contributed by atoms with van der Waals surface area (Å²) >= 11 is 6.28. The number of halogens is 1. The SMILES string of the molecule is CCC(C)NC(=O)C(C)N(Cc1cccc(C)c1)C(=O)CN(c1cc(Cl)ccc1OC)S(=O)(=O)c1ccc(C)cc1. The highest BCUT2D eigenvalue weighted by molar-refractivity contribution is 7.92. The molecular weight excluding hydrogens is 562 g/mol. The quantitative estimate of drug-likeness (QED) is 0.297. The Morgan fingerprint density at radius 1 is 0.976 bits per heavy atom. The van der Waals surface area contributed by atoms with Gasteiger partial charge in [-0.2, -0.15) is 0 Å². The number of rotatable bonds is 12. The molecule has 0 radical (unpaired) electrons. The van der Waals surface area contributed by atoms with Crippen LogP contribution in [0.1, 0.15) is 43.9 Å². The van der Waals surface area contributed by atoms with Crippen molar-refractivity contribution in [1.29, 1.82) is 0 Å². The first-order valence-corrected chi connectivity index (χ1v) is 15.3. The molecule has 0 saturated heterocycles. The number of carbonyl (C=O) groups excluding carboxylic acids is 2. The number of hydrogen-bond acceptors (Lipinski definition) is 5. The maximum absolute atomic E-state index is 14.1. The van der Waals surface area contributed by atoms with E-state index in [9.17, 15) is 18.0 Å². The van der Waals surface area contributed by atoms with Gasteiger partial charge in [-0.3, -0.25) is 13.9 Å². The van der Waals surface area contributed by atoms with Crippen LogP contribution in [0.5, 0.6) is 5.75 Å². The number of nitrogens with one attached hydrogen (secondary N) is 1. The highest BCUT2D eigenvalue weighted by atomic mass is 35.5. The molecule has 0 aromatic heterocycles. The zero-order valence-electron chi connectivity index (χ0n) is 24.3. The fourth-order valence-corrected chi connectivity index (χ4v) is 5.85. The van der Waals surface area contributed by atoms with Gasteiger partial charge in [0.05, 0.1) is 17.7 Å². The Kier molecular flexibility index (Phi) is 10.8. The van der Waals surface area contributed by atoms with Crippen molar-refractivity contribution in [3.05, 3.63) is 88.4 Å². The Bertz CT molecular complexity index is 1480. The third kappa shape index (κ3) is 8.01. The molecular formula is C31H38ClN3O5S. The topological polar surface area (TPSA) is 96.0 Å². The number of methoxy groups -OCH3 is 1. The number of carbonyl (C=O) groups is 2. The van der Waals surface area contributed by atoms with Crippen molar-refractivity contribution < 1.29 is 22.7 Å². The number of sulfonamides is 1. The summed E-state index contributed by atoms with van der Waals surface area (Å²) in [5, 5.41) is 3.21. The highest BCUT2D eigenvalue weighted by Gasteiger charge is 2.34. The molecule has 220 valence electrons. The first-order chi connectivity index (χ1) is 19.4. The minimum absolute atomic E-state index is 0.00530. The zero-order chi connectivity index (χ0) is 30.3. The molecule has 3 aromatic carbocycles. The molecule has 0 bridgehead atoms. The Morgan fingerprint density at radius 2 is 1.66 bits per heavy atom. The largest absolute Gasteiger partial charge is 0.495 e. The van der Waals surface area contributed by atoms with Crippen LogP contribution in [0.4, 0.5) is 5.69 Å². The number of benzene rings is 3. The van der Waals surface area contributed by atoms with Crippen molar-refractivity contribution in [2.24, 2.45) is 0 Å². The van der Waals surface area contributed by atoms with Crippen LogP contribution in [0.2, 0.25) is 5.02 Å². The summed E-state index contributed by atoms with van der Waals surface area (Å²) in [7, 11) is -2.84. The van der Waals surface area contributed by atoms with Crippen molar-refractivity contribution in [3.8, 4) is 5.75 Å². The number of hydrogen-bond donors (Lipinski definition) is 1. The summed E-state index contributed by atoms with van der Waals surface area (Å²) in [5.41, 5.74) is 2.81. The summed E-state index contributed by atoms with van der Waals surface area (Å²) in [6.45, 7) is 8.81. The number of aryl methyl sites for hydroxylation is 2. The van der Waals surface area contributed by atoms with E-state index >= 15 is 0 Å². The third-order valence-corrected chi connectivity index (χ3v) is 8.91. The fraction of sp³-hybridized carbons (Fsp3) is 0.355. The van der Waals surface area contributed by atoms with Gasteiger partial charge in [0.25, 0.3) is 10.0 Å². The van der Waals surface area contributed by atoms with Gasteiger partial charge in [0.1, 0.15) is 18.3 Å². The standard InChI is InChI=1S/C31H38ClN3O5S/c1-7-23(4)33-31(37)24(5)34(19-25-10-8-9-22(3)17-25)30(36)20-35(28-18-26(32)13-16-29(28)40-6)41(38,39)27-14-11-21(2)12-15-27/h8-18,23-24H,7,19-20H2,1-6H3,(H,33,37). The minimum Gasteiger partial charge on any atom is -0.495 e. The van der Waals surface area contributed by atoms with Gasteiger partial charge in [0.15, 0.2) is 0 Å². The maximum atomic E-state index is 14.1. The molecule has 3 rings (SSSR count). The van der Waals surface area contributed by atoms with Gasteiger partial charge in [-0.05, 0) is 70.0 Å². The van der Waals surface area contributed by atoms with Crippen LogP contribution >= 0.6 is 11.6 Å². The lowest BCUT2D eigenvalue weighted by molar-refractivity contribution is -0.139. The lowest BCUT2D eigenvalue weighted by Gasteiger charge is -2.33. The molecule has 41 heavy (non-hydrogen) atoms. The van der Waals surface area contributed by atoms with Crippen LogP contribution in [0.15, 0.2) is 71.6 Å². The van der Waals surface area contributed by atoms with Gasteiger partial charge < -0.3 is 15.0 Å². The predicted molar refractivity (Wildman–Crippen MR) is 163 cm³/mol. The smallest absolute Gasteiger partial charge is 0.264 e. The van der Waals surface area contributed by atoms with Crippen LogP contribution in [-0.2, 0) is 26.2 Å². The molecule has 2 amide bonds. The summed E-state index contributed by atoms with van der Waals surface area (Å²) < 4.78 is 34.6. The van der Waals surface area contributed by atoms with Crippen molar-refractivity contribution in [3.63, 3.8) is 0 Å². The van der Waals surface area contributed by atoms with Gasteiger partial charge in [0.2, 0.25) is 11.8 Å². The lowest BCUT2D eigenvalue weighted by Crippen LogP contribution is -2.52. The van der Waals surface area contributed by atoms with E-state index in [4.69, 9.17) is 16.3 Å². The molecule has 1 N–H and O–H groups in total. The maximum Gasteiger partial charge on any atom is 0.264 e. The van der Waals surface area contributed by atoms with Crippen LogP contribution < -0.4 is 14.4 Å². The minimum atomic E-state index is -4.25. The van der Waals surface area contributed by atoms with E-state index in [0.717, 1.165) is 27.4 Å². The Morgan fingerprint density at radius 3 is 2.27 bits per heavy atom. The summed E-state index contributed by atoms with van der Waals surface area (Å²) in [6.07, 6.45) is 0.724. The van der Waals surface area contributed by atoms with E-state index in [-0.39, 0.29) is 39.8 Å². The Balaban J connectivity index is 2.10. The van der Waals surface area contributed by atoms with Crippen LogP contribution in [-0.4, -0.2) is 50.9 Å². The van der Waals surface area contributed by atoms with E-state index in [1.54, 1.807) is 31.2 Å². The molecule has 0 heterocycles. The number of anilines is 1. The second kappa shape index (κ2) is 13.9. The second-order valence-electron chi connectivity index (χ2n) is 10.1. The average molecular weight is 600 g/mol.